The van der Waals surface area contributed by atoms with Gasteiger partial charge in [-0.25, -0.2) is 9.78 Å². The third kappa shape index (κ3) is 4.89. The molecule has 14 heavy (non-hydrogen) atoms. The number of carbonyl (C=O) groups excluding carboxylic acids is 1. The predicted octanol–water partition coefficient (Wildman–Crippen LogP) is -1.13. The Kier molecular flexibility index (Phi) is 9.24. The first-order chi connectivity index (χ1) is 6.38. The van der Waals surface area contributed by atoms with Gasteiger partial charge in [-0.2, -0.15) is 0 Å². The molecular formula is C10H17NaO3. The second kappa shape index (κ2) is 8.86. The third-order valence-corrected chi connectivity index (χ3v) is 2.54. The molecule has 0 amide bonds. The maximum Gasteiger partial charge on any atom is 1.00 e. The molecule has 0 bridgehead atoms. The molecular weight excluding hydrogens is 191 g/mol. The molecule has 4 heteroatoms. The topological polar surface area (TPSA) is 35.5 Å². The molecule has 0 saturated heterocycles. The van der Waals surface area contributed by atoms with Crippen molar-refractivity contribution in [2.24, 2.45) is 11.8 Å². The maximum absolute atomic E-state index is 10.6. The predicted molar refractivity (Wildman–Crippen MR) is 48.7 cm³/mol. The first-order valence-electron chi connectivity index (χ1n) is 5.00. The normalized spacial score (nSPS) is 26.6. The van der Waals surface area contributed by atoms with Gasteiger partial charge in [0.2, 0.25) is 0 Å². The molecule has 76 valence electrons. The van der Waals surface area contributed by atoms with Gasteiger partial charge in [0.25, 0.3) is 0 Å². The van der Waals surface area contributed by atoms with Crippen LogP contribution in [0.1, 0.15) is 32.6 Å². The van der Waals surface area contributed by atoms with Crippen LogP contribution in [0.3, 0.4) is 0 Å². The van der Waals surface area contributed by atoms with Gasteiger partial charge >= 0.3 is 29.6 Å². The van der Waals surface area contributed by atoms with Crippen LogP contribution in [0.25, 0.3) is 0 Å². The van der Waals surface area contributed by atoms with Crippen LogP contribution in [-0.2, 0) is 14.6 Å². The van der Waals surface area contributed by atoms with E-state index in [4.69, 9.17) is 9.78 Å². The van der Waals surface area contributed by atoms with Crippen LogP contribution in [0.5, 0.6) is 0 Å². The number of hydrogen-bond acceptors (Lipinski definition) is 3. The molecule has 1 fully saturated rings. The van der Waals surface area contributed by atoms with E-state index in [1.807, 2.05) is 6.92 Å². The van der Waals surface area contributed by atoms with Gasteiger partial charge in [0.1, 0.15) is 0 Å². The minimum Gasteiger partial charge on any atom is -0.542 e. The zero-order valence-electron chi connectivity index (χ0n) is 9.12. The summed E-state index contributed by atoms with van der Waals surface area (Å²) in [7, 11) is 0. The molecule has 0 aromatic rings. The molecule has 0 N–H and O–H groups in total. The van der Waals surface area contributed by atoms with Crippen molar-refractivity contribution < 1.29 is 44.1 Å². The van der Waals surface area contributed by atoms with Crippen molar-refractivity contribution in [3.8, 4) is 0 Å². The van der Waals surface area contributed by atoms with E-state index in [1.165, 1.54) is 6.42 Å². The van der Waals surface area contributed by atoms with Crippen LogP contribution in [0.2, 0.25) is 0 Å². The summed E-state index contributed by atoms with van der Waals surface area (Å²) in [6.45, 7) is 2.97. The molecule has 1 aliphatic rings. The van der Waals surface area contributed by atoms with E-state index in [2.05, 4.69) is 6.29 Å². The van der Waals surface area contributed by atoms with Crippen LogP contribution in [0.15, 0.2) is 0 Å². The molecule has 3 nitrogen and oxygen atoms in total. The Labute approximate surface area is 108 Å². The summed E-state index contributed by atoms with van der Waals surface area (Å²) in [5.74, 6) is 0.381. The van der Waals surface area contributed by atoms with Crippen molar-refractivity contribution in [2.45, 2.75) is 32.6 Å². The van der Waals surface area contributed by atoms with Gasteiger partial charge in [-0.1, -0.05) is 25.7 Å². The van der Waals surface area contributed by atoms with E-state index in [0.29, 0.717) is 19.1 Å². The van der Waals surface area contributed by atoms with Gasteiger partial charge in [-0.15, -0.1) is 5.92 Å². The first kappa shape index (κ1) is 14.6. The standard InChI is InChI=1S/C10H17O3.Na/c1-2-12-13-8-10-6-4-3-5-9(10)7-11;/h9-10H,2-6,8H2,1H3;/q-1;+1. The van der Waals surface area contributed by atoms with Crippen molar-refractivity contribution in [1.82, 2.24) is 0 Å². The summed E-state index contributed by atoms with van der Waals surface area (Å²) in [6.07, 6.45) is 6.46. The zero-order valence-corrected chi connectivity index (χ0v) is 11.1. The van der Waals surface area contributed by atoms with Crippen molar-refractivity contribution in [2.75, 3.05) is 13.2 Å². The summed E-state index contributed by atoms with van der Waals surface area (Å²) in [6, 6.07) is 0. The molecule has 0 aromatic heterocycles. The van der Waals surface area contributed by atoms with Crippen molar-refractivity contribution in [3.05, 3.63) is 0 Å². The van der Waals surface area contributed by atoms with Gasteiger partial charge in [-0.05, 0) is 12.8 Å². The van der Waals surface area contributed by atoms with Gasteiger partial charge < -0.3 is 4.79 Å². The third-order valence-electron chi connectivity index (χ3n) is 2.54. The Morgan fingerprint density at radius 2 is 2.00 bits per heavy atom. The molecule has 0 spiro atoms. The molecule has 2 atom stereocenters. The van der Waals surface area contributed by atoms with Gasteiger partial charge in [0.05, 0.1) is 13.2 Å². The van der Waals surface area contributed by atoms with Gasteiger partial charge in [0, 0.05) is 0 Å². The Hall–Kier alpha value is 0.590. The van der Waals surface area contributed by atoms with Gasteiger partial charge in [0.15, 0.2) is 0 Å². The molecule has 0 heterocycles. The van der Waals surface area contributed by atoms with E-state index < -0.39 is 0 Å². The molecule has 0 aromatic carbocycles. The average molecular weight is 208 g/mol. The molecule has 1 aliphatic carbocycles. The first-order valence-corrected chi connectivity index (χ1v) is 5.00. The minimum atomic E-state index is 0. The summed E-state index contributed by atoms with van der Waals surface area (Å²) < 4.78 is 0. The van der Waals surface area contributed by atoms with E-state index >= 15 is 0 Å². The average Bonchev–Trinajstić information content (AvgIpc) is 2.19. The molecule has 1 rings (SSSR count). The van der Waals surface area contributed by atoms with Crippen LogP contribution >= 0.6 is 0 Å². The van der Waals surface area contributed by atoms with Crippen molar-refractivity contribution >= 4 is 6.29 Å². The van der Waals surface area contributed by atoms with Crippen LogP contribution in [-0.4, -0.2) is 19.5 Å². The Morgan fingerprint density at radius 1 is 1.29 bits per heavy atom. The second-order valence-electron chi connectivity index (χ2n) is 3.46. The molecule has 0 aliphatic heterocycles. The fourth-order valence-electron chi connectivity index (χ4n) is 1.78. The molecule has 1 saturated carbocycles. The molecule has 2 unspecified atom stereocenters. The Balaban J connectivity index is 0.00000169. The second-order valence-corrected chi connectivity index (χ2v) is 3.46. The monoisotopic (exact) mass is 208 g/mol. The maximum atomic E-state index is 10.6. The fourth-order valence-corrected chi connectivity index (χ4v) is 1.78. The SMILES string of the molecule is CCOOCC1CCCCC1[C-]=O.[Na+]. The zero-order chi connectivity index (χ0) is 9.52. The van der Waals surface area contributed by atoms with Gasteiger partial charge in [-0.3, -0.25) is 6.29 Å². The van der Waals surface area contributed by atoms with Crippen LogP contribution in [0, 0.1) is 11.8 Å². The summed E-state index contributed by atoms with van der Waals surface area (Å²) in [5, 5.41) is 0. The van der Waals surface area contributed by atoms with E-state index in [1.54, 1.807) is 0 Å². The number of hydrogen-bond donors (Lipinski definition) is 0. The van der Waals surface area contributed by atoms with Crippen molar-refractivity contribution in [1.29, 1.82) is 0 Å². The Morgan fingerprint density at radius 3 is 2.64 bits per heavy atom. The van der Waals surface area contributed by atoms with Crippen LogP contribution in [0.4, 0.5) is 0 Å². The van der Waals surface area contributed by atoms with Crippen LogP contribution < -0.4 is 29.6 Å². The largest absolute Gasteiger partial charge is 1.00 e. The minimum absolute atomic E-state index is 0. The smallest absolute Gasteiger partial charge is 0.542 e. The quantitative estimate of drug-likeness (QED) is 0.189. The van der Waals surface area contributed by atoms with E-state index in [9.17, 15) is 4.79 Å². The van der Waals surface area contributed by atoms with E-state index in [0.717, 1.165) is 19.3 Å². The molecule has 0 radical (unpaired) electrons. The summed E-state index contributed by atoms with van der Waals surface area (Å²) >= 11 is 0. The Bertz CT molecular complexity index is 152. The van der Waals surface area contributed by atoms with E-state index in [-0.39, 0.29) is 35.5 Å². The fraction of sp³-hybridized carbons (Fsp3) is 0.900. The van der Waals surface area contributed by atoms with Crippen molar-refractivity contribution in [3.63, 3.8) is 0 Å². The summed E-state index contributed by atoms with van der Waals surface area (Å²) in [5.41, 5.74) is 0. The number of rotatable bonds is 5. The summed E-state index contributed by atoms with van der Waals surface area (Å²) in [4.78, 5) is 20.4.